The highest BCUT2D eigenvalue weighted by Crippen LogP contribution is 2.18. The van der Waals surface area contributed by atoms with Gasteiger partial charge in [-0.1, -0.05) is 6.92 Å². The second-order valence-electron chi connectivity index (χ2n) is 3.66. The van der Waals surface area contributed by atoms with Crippen molar-refractivity contribution in [3.63, 3.8) is 0 Å². The molecule has 0 aromatic rings. The van der Waals surface area contributed by atoms with Gasteiger partial charge in [-0.25, -0.2) is 13.1 Å². The molecule has 5 heteroatoms. The molecule has 1 aliphatic rings. The normalized spacial score (nSPS) is 19.8. The smallest absolute Gasteiger partial charge is 0.211 e. The van der Waals surface area contributed by atoms with Gasteiger partial charge in [-0.2, -0.15) is 0 Å². The van der Waals surface area contributed by atoms with Gasteiger partial charge in [0.2, 0.25) is 10.0 Å². The Kier molecular flexibility index (Phi) is 4.84. The molecule has 0 radical (unpaired) electrons. The maximum atomic E-state index is 11.3. The summed E-state index contributed by atoms with van der Waals surface area (Å²) in [6.07, 6.45) is 2.77. The quantitative estimate of drug-likeness (QED) is 0.745. The molecule has 4 nitrogen and oxygen atoms in total. The zero-order valence-electron chi connectivity index (χ0n) is 8.66. The zero-order chi connectivity index (χ0) is 10.4. The number of nitrogens with one attached hydrogen (secondary N) is 1. The van der Waals surface area contributed by atoms with Crippen LogP contribution in [0, 0.1) is 5.92 Å². The standard InChI is InChI=1S/C9H19NO3S/c1-2-10-14(11,12)8-5-9-3-6-13-7-4-9/h9-10H,2-8H2,1H3. The lowest BCUT2D eigenvalue weighted by atomic mass is 9.98. The van der Waals surface area contributed by atoms with Gasteiger partial charge in [-0.15, -0.1) is 0 Å². The summed E-state index contributed by atoms with van der Waals surface area (Å²) in [7, 11) is -3.02. The first-order valence-corrected chi connectivity index (χ1v) is 6.84. The summed E-state index contributed by atoms with van der Waals surface area (Å²) in [6.45, 7) is 3.85. The van der Waals surface area contributed by atoms with Crippen molar-refractivity contribution >= 4 is 10.0 Å². The predicted molar refractivity (Wildman–Crippen MR) is 55.6 cm³/mol. The summed E-state index contributed by atoms with van der Waals surface area (Å²) in [5.41, 5.74) is 0. The Bertz CT molecular complexity index is 245. The Morgan fingerprint density at radius 3 is 2.57 bits per heavy atom. The number of ether oxygens (including phenoxy) is 1. The Morgan fingerprint density at radius 2 is 2.00 bits per heavy atom. The Hall–Kier alpha value is -0.130. The van der Waals surface area contributed by atoms with Gasteiger partial charge in [-0.05, 0) is 25.2 Å². The van der Waals surface area contributed by atoms with Crippen LogP contribution >= 0.6 is 0 Å². The summed E-state index contributed by atoms with van der Waals surface area (Å²) in [4.78, 5) is 0. The fourth-order valence-electron chi connectivity index (χ4n) is 1.65. The summed E-state index contributed by atoms with van der Waals surface area (Å²) < 4.78 is 30.4. The first-order valence-electron chi connectivity index (χ1n) is 5.19. The van der Waals surface area contributed by atoms with Crippen LogP contribution in [0.2, 0.25) is 0 Å². The van der Waals surface area contributed by atoms with Gasteiger partial charge in [0.15, 0.2) is 0 Å². The van der Waals surface area contributed by atoms with Gasteiger partial charge in [0, 0.05) is 19.8 Å². The number of hydrogen-bond donors (Lipinski definition) is 1. The van der Waals surface area contributed by atoms with Gasteiger partial charge in [0.1, 0.15) is 0 Å². The zero-order valence-corrected chi connectivity index (χ0v) is 9.48. The average molecular weight is 221 g/mol. The molecular formula is C9H19NO3S. The summed E-state index contributed by atoms with van der Waals surface area (Å²) in [5.74, 6) is 0.781. The number of hydrogen-bond acceptors (Lipinski definition) is 3. The molecule has 0 aromatic heterocycles. The van der Waals surface area contributed by atoms with Crippen LogP contribution in [-0.4, -0.2) is 33.9 Å². The highest BCUT2D eigenvalue weighted by Gasteiger charge is 2.17. The minimum Gasteiger partial charge on any atom is -0.381 e. The molecule has 0 amide bonds. The minimum atomic E-state index is -3.02. The van der Waals surface area contributed by atoms with Gasteiger partial charge in [0.05, 0.1) is 5.75 Å². The van der Waals surface area contributed by atoms with E-state index >= 15 is 0 Å². The molecule has 1 N–H and O–H groups in total. The third kappa shape index (κ3) is 4.39. The molecule has 1 heterocycles. The lowest BCUT2D eigenvalue weighted by molar-refractivity contribution is 0.0655. The molecule has 0 saturated carbocycles. The lowest BCUT2D eigenvalue weighted by Crippen LogP contribution is -2.28. The Morgan fingerprint density at radius 1 is 1.36 bits per heavy atom. The predicted octanol–water partition coefficient (Wildman–Crippen LogP) is 0.742. The van der Waals surface area contributed by atoms with Crippen LogP contribution < -0.4 is 4.72 Å². The Balaban J connectivity index is 2.24. The van der Waals surface area contributed by atoms with Crippen molar-refractivity contribution in [3.05, 3.63) is 0 Å². The van der Waals surface area contributed by atoms with E-state index in [4.69, 9.17) is 4.74 Å². The second-order valence-corrected chi connectivity index (χ2v) is 5.59. The van der Waals surface area contributed by atoms with E-state index < -0.39 is 10.0 Å². The highest BCUT2D eigenvalue weighted by atomic mass is 32.2. The third-order valence-corrected chi connectivity index (χ3v) is 4.00. The maximum Gasteiger partial charge on any atom is 0.211 e. The first kappa shape index (κ1) is 11.9. The van der Waals surface area contributed by atoms with E-state index in [-0.39, 0.29) is 5.75 Å². The van der Waals surface area contributed by atoms with Crippen molar-refractivity contribution < 1.29 is 13.2 Å². The van der Waals surface area contributed by atoms with Gasteiger partial charge < -0.3 is 4.74 Å². The molecule has 0 aromatic carbocycles. The van der Waals surface area contributed by atoms with Gasteiger partial charge in [0.25, 0.3) is 0 Å². The molecule has 0 atom stereocenters. The summed E-state index contributed by atoms with van der Waals surface area (Å²) in [6, 6.07) is 0. The fourth-order valence-corrected chi connectivity index (χ4v) is 2.88. The van der Waals surface area contributed by atoms with Crippen molar-refractivity contribution in [1.82, 2.24) is 4.72 Å². The summed E-state index contributed by atoms with van der Waals surface area (Å²) >= 11 is 0. The van der Waals surface area contributed by atoms with Crippen LogP contribution in [0.25, 0.3) is 0 Å². The summed E-state index contributed by atoms with van der Waals surface area (Å²) in [5, 5.41) is 0. The largest absolute Gasteiger partial charge is 0.381 e. The second kappa shape index (κ2) is 5.68. The molecule has 1 saturated heterocycles. The Labute approximate surface area is 86.1 Å². The monoisotopic (exact) mass is 221 g/mol. The maximum absolute atomic E-state index is 11.3. The SMILES string of the molecule is CCNS(=O)(=O)CCC1CCOCC1. The van der Waals surface area contributed by atoms with Gasteiger partial charge in [-0.3, -0.25) is 0 Å². The van der Waals surface area contributed by atoms with Crippen LogP contribution in [0.15, 0.2) is 0 Å². The van der Waals surface area contributed by atoms with E-state index in [1.54, 1.807) is 6.92 Å². The molecule has 0 bridgehead atoms. The third-order valence-electron chi connectivity index (χ3n) is 2.50. The fraction of sp³-hybridized carbons (Fsp3) is 1.00. The van der Waals surface area contributed by atoms with Crippen LogP contribution in [0.3, 0.4) is 0 Å². The van der Waals surface area contributed by atoms with Crippen LogP contribution in [-0.2, 0) is 14.8 Å². The molecule has 0 aliphatic carbocycles. The first-order chi connectivity index (χ1) is 6.64. The van der Waals surface area contributed by atoms with Crippen LogP contribution in [0.1, 0.15) is 26.2 Å². The molecule has 0 spiro atoms. The van der Waals surface area contributed by atoms with Crippen LogP contribution in [0.4, 0.5) is 0 Å². The molecule has 1 aliphatic heterocycles. The average Bonchev–Trinajstić information content (AvgIpc) is 2.17. The van der Waals surface area contributed by atoms with Crippen molar-refractivity contribution in [3.8, 4) is 0 Å². The topological polar surface area (TPSA) is 55.4 Å². The molecule has 0 unspecified atom stereocenters. The number of rotatable bonds is 5. The minimum absolute atomic E-state index is 0.255. The van der Waals surface area contributed by atoms with E-state index in [9.17, 15) is 8.42 Å². The van der Waals surface area contributed by atoms with Crippen molar-refractivity contribution in [2.75, 3.05) is 25.5 Å². The molecular weight excluding hydrogens is 202 g/mol. The molecule has 1 fully saturated rings. The van der Waals surface area contributed by atoms with Crippen molar-refractivity contribution in [2.45, 2.75) is 26.2 Å². The van der Waals surface area contributed by atoms with Gasteiger partial charge >= 0.3 is 0 Å². The molecule has 14 heavy (non-hydrogen) atoms. The van der Waals surface area contributed by atoms with E-state index in [1.807, 2.05) is 0 Å². The van der Waals surface area contributed by atoms with E-state index in [0.717, 1.165) is 32.5 Å². The van der Waals surface area contributed by atoms with E-state index in [2.05, 4.69) is 4.72 Å². The number of sulfonamides is 1. The highest BCUT2D eigenvalue weighted by molar-refractivity contribution is 7.89. The molecule has 84 valence electrons. The van der Waals surface area contributed by atoms with E-state index in [1.165, 1.54) is 0 Å². The van der Waals surface area contributed by atoms with Crippen LogP contribution in [0.5, 0.6) is 0 Å². The van der Waals surface area contributed by atoms with Crippen molar-refractivity contribution in [1.29, 1.82) is 0 Å². The molecule has 1 rings (SSSR count). The van der Waals surface area contributed by atoms with Crippen molar-refractivity contribution in [2.24, 2.45) is 5.92 Å². The lowest BCUT2D eigenvalue weighted by Gasteiger charge is -2.21. The van der Waals surface area contributed by atoms with E-state index in [0.29, 0.717) is 12.5 Å².